The first-order chi connectivity index (χ1) is 20.4. The van der Waals surface area contributed by atoms with Gasteiger partial charge in [0.15, 0.2) is 0 Å². The van der Waals surface area contributed by atoms with Gasteiger partial charge in [-0.1, -0.05) is 60.7 Å². The van der Waals surface area contributed by atoms with E-state index in [1.165, 1.54) is 0 Å². The number of nitrogens with zero attached hydrogens (tertiary/aromatic N) is 1. The Hall–Kier alpha value is -4.50. The molecule has 0 aliphatic heterocycles. The average Bonchev–Trinajstić information content (AvgIpc) is 3.03. The summed E-state index contributed by atoms with van der Waals surface area (Å²) in [4.78, 5) is 26.5. The summed E-state index contributed by atoms with van der Waals surface area (Å²) in [5.41, 5.74) is 3.62. The van der Waals surface area contributed by atoms with Crippen molar-refractivity contribution in [2.45, 2.75) is 25.1 Å². The first-order valence-electron chi connectivity index (χ1n) is 13.9. The van der Waals surface area contributed by atoms with E-state index >= 15 is 0 Å². The zero-order valence-electron chi connectivity index (χ0n) is 23.6. The van der Waals surface area contributed by atoms with Crippen molar-refractivity contribution in [3.63, 3.8) is 0 Å². The summed E-state index contributed by atoms with van der Waals surface area (Å²) in [6.45, 7) is 0.918. The highest BCUT2D eigenvalue weighted by Gasteiger charge is 2.22. The third-order valence-electron chi connectivity index (χ3n) is 6.91. The molecular weight excluding hydrogens is 530 g/mol. The van der Waals surface area contributed by atoms with Crippen LogP contribution in [0.25, 0.3) is 0 Å². The molecule has 0 heterocycles. The Morgan fingerprint density at radius 1 is 0.786 bits per heavy atom. The van der Waals surface area contributed by atoms with Gasteiger partial charge in [-0.25, -0.2) is 0 Å². The van der Waals surface area contributed by atoms with E-state index in [4.69, 9.17) is 4.74 Å². The molecule has 2 amide bonds. The molecule has 0 radical (unpaired) electrons. The Morgan fingerprint density at radius 2 is 1.38 bits per heavy atom. The lowest BCUT2D eigenvalue weighted by Crippen LogP contribution is -2.44. The standard InChI is InChI=1S/C34H37N3O5/c1-35-33(40)27-14-16-28(17-15-27)34(41)36-29-18-12-25(13-19-29)20-30(23-38)37(21-26-8-4-2-5-9-26)22-31(39)24-42-32-10-6-3-7-11-32/h2-19,30-31,38-39H,20-24H2,1H3,(H,35,40)(H,36,41)/t30-,31-/m0/s1. The molecule has 8 heteroatoms. The number of aliphatic hydroxyl groups is 2. The molecule has 0 unspecified atom stereocenters. The van der Waals surface area contributed by atoms with Gasteiger partial charge < -0.3 is 25.6 Å². The summed E-state index contributed by atoms with van der Waals surface area (Å²) in [6, 6.07) is 33.0. The molecule has 8 nitrogen and oxygen atoms in total. The number of rotatable bonds is 14. The smallest absolute Gasteiger partial charge is 0.255 e. The van der Waals surface area contributed by atoms with Gasteiger partial charge in [-0.05, 0) is 66.1 Å². The van der Waals surface area contributed by atoms with Crippen molar-refractivity contribution in [1.82, 2.24) is 10.2 Å². The Bertz CT molecular complexity index is 1400. The van der Waals surface area contributed by atoms with Crippen molar-refractivity contribution in [1.29, 1.82) is 0 Å². The molecule has 0 aliphatic rings. The van der Waals surface area contributed by atoms with E-state index in [1.807, 2.05) is 84.9 Å². The lowest BCUT2D eigenvalue weighted by Gasteiger charge is -2.32. The van der Waals surface area contributed by atoms with E-state index in [-0.39, 0.29) is 31.1 Å². The number of nitrogens with one attached hydrogen (secondary N) is 2. The van der Waals surface area contributed by atoms with Crippen LogP contribution in [0.3, 0.4) is 0 Å². The number of hydrogen-bond acceptors (Lipinski definition) is 6. The Kier molecular flexibility index (Phi) is 11.2. The second-order valence-corrected chi connectivity index (χ2v) is 10.0. The van der Waals surface area contributed by atoms with Crippen molar-refractivity contribution in [2.24, 2.45) is 0 Å². The number of carbonyl (C=O) groups is 2. The second-order valence-electron chi connectivity index (χ2n) is 10.0. The molecule has 0 spiro atoms. The van der Waals surface area contributed by atoms with Gasteiger partial charge >= 0.3 is 0 Å². The maximum atomic E-state index is 12.7. The highest BCUT2D eigenvalue weighted by molar-refractivity contribution is 6.05. The number of amides is 2. The summed E-state index contributed by atoms with van der Waals surface area (Å²) in [5, 5.41) is 26.7. The van der Waals surface area contributed by atoms with E-state index in [0.717, 1.165) is 11.1 Å². The van der Waals surface area contributed by atoms with Crippen molar-refractivity contribution in [2.75, 3.05) is 32.1 Å². The number of ether oxygens (including phenoxy) is 1. The number of carbonyl (C=O) groups excluding carboxylic acids is 2. The number of aliphatic hydroxyl groups excluding tert-OH is 2. The lowest BCUT2D eigenvalue weighted by atomic mass is 10.0. The van der Waals surface area contributed by atoms with Crippen molar-refractivity contribution >= 4 is 17.5 Å². The summed E-state index contributed by atoms with van der Waals surface area (Å²) < 4.78 is 5.76. The van der Waals surface area contributed by atoms with Gasteiger partial charge in [-0.15, -0.1) is 0 Å². The monoisotopic (exact) mass is 567 g/mol. The van der Waals surface area contributed by atoms with E-state index in [2.05, 4.69) is 15.5 Å². The molecule has 0 aromatic heterocycles. The molecule has 4 aromatic rings. The van der Waals surface area contributed by atoms with Crippen molar-refractivity contribution < 1.29 is 24.5 Å². The number of para-hydroxylation sites is 1. The zero-order chi connectivity index (χ0) is 29.7. The van der Waals surface area contributed by atoms with E-state index < -0.39 is 6.10 Å². The molecule has 0 aliphatic carbocycles. The van der Waals surface area contributed by atoms with E-state index in [9.17, 15) is 19.8 Å². The Morgan fingerprint density at radius 3 is 1.98 bits per heavy atom. The van der Waals surface area contributed by atoms with Gasteiger partial charge in [0.2, 0.25) is 0 Å². The predicted molar refractivity (Wildman–Crippen MR) is 164 cm³/mol. The number of benzene rings is 4. The Labute approximate surface area is 246 Å². The third kappa shape index (κ3) is 9.01. The quantitative estimate of drug-likeness (QED) is 0.182. The highest BCUT2D eigenvalue weighted by atomic mass is 16.5. The van der Waals surface area contributed by atoms with Gasteiger partial charge in [-0.3, -0.25) is 14.5 Å². The lowest BCUT2D eigenvalue weighted by molar-refractivity contribution is 0.0335. The first kappa shape index (κ1) is 30.5. The van der Waals surface area contributed by atoms with Gasteiger partial charge in [0.05, 0.1) is 6.61 Å². The topological polar surface area (TPSA) is 111 Å². The van der Waals surface area contributed by atoms with Crippen LogP contribution in [-0.4, -0.2) is 65.9 Å². The number of anilines is 1. The normalized spacial score (nSPS) is 12.4. The van der Waals surface area contributed by atoms with Crippen LogP contribution in [0.15, 0.2) is 109 Å². The van der Waals surface area contributed by atoms with Crippen LogP contribution < -0.4 is 15.4 Å². The van der Waals surface area contributed by atoms with Gasteiger partial charge in [0.25, 0.3) is 11.8 Å². The molecule has 4 N–H and O–H groups in total. The first-order valence-corrected chi connectivity index (χ1v) is 13.9. The minimum atomic E-state index is -0.758. The SMILES string of the molecule is CNC(=O)c1ccc(C(=O)Nc2ccc(C[C@@H](CO)N(Cc3ccccc3)C[C@H](O)COc3ccccc3)cc2)cc1. The van der Waals surface area contributed by atoms with Crippen LogP contribution >= 0.6 is 0 Å². The Balaban J connectivity index is 1.39. The minimum Gasteiger partial charge on any atom is -0.491 e. The molecule has 4 aromatic carbocycles. The van der Waals surface area contributed by atoms with Crippen LogP contribution in [-0.2, 0) is 13.0 Å². The average molecular weight is 568 g/mol. The van der Waals surface area contributed by atoms with E-state index in [0.29, 0.717) is 42.1 Å². The number of hydrogen-bond donors (Lipinski definition) is 4. The van der Waals surface area contributed by atoms with Gasteiger partial charge in [0, 0.05) is 43.0 Å². The molecule has 42 heavy (non-hydrogen) atoms. The summed E-state index contributed by atoms with van der Waals surface area (Å²) in [6.07, 6.45) is -0.212. The largest absolute Gasteiger partial charge is 0.491 e. The summed E-state index contributed by atoms with van der Waals surface area (Å²) in [7, 11) is 1.56. The molecule has 0 bridgehead atoms. The maximum Gasteiger partial charge on any atom is 0.255 e. The van der Waals surface area contributed by atoms with Crippen LogP contribution in [0.2, 0.25) is 0 Å². The van der Waals surface area contributed by atoms with Crippen molar-refractivity contribution in [3.05, 3.63) is 131 Å². The van der Waals surface area contributed by atoms with Gasteiger partial charge in [-0.2, -0.15) is 0 Å². The summed E-state index contributed by atoms with van der Waals surface area (Å²) >= 11 is 0. The molecule has 4 rings (SSSR count). The fourth-order valence-corrected chi connectivity index (χ4v) is 4.62. The molecule has 218 valence electrons. The molecule has 0 saturated carbocycles. The van der Waals surface area contributed by atoms with Crippen molar-refractivity contribution in [3.8, 4) is 5.75 Å². The fourth-order valence-electron chi connectivity index (χ4n) is 4.62. The molecular formula is C34H37N3O5. The highest BCUT2D eigenvalue weighted by Crippen LogP contribution is 2.18. The second kappa shape index (κ2) is 15.5. The van der Waals surface area contributed by atoms with Gasteiger partial charge in [0.1, 0.15) is 18.5 Å². The third-order valence-corrected chi connectivity index (χ3v) is 6.91. The van der Waals surface area contributed by atoms with Crippen LogP contribution in [0.4, 0.5) is 5.69 Å². The maximum absolute atomic E-state index is 12.7. The van der Waals surface area contributed by atoms with E-state index in [1.54, 1.807) is 31.3 Å². The molecule has 0 fully saturated rings. The molecule has 0 saturated heterocycles. The predicted octanol–water partition coefficient (Wildman–Crippen LogP) is 4.14. The minimum absolute atomic E-state index is 0.0936. The zero-order valence-corrected chi connectivity index (χ0v) is 23.6. The van der Waals surface area contributed by atoms with Crippen LogP contribution in [0.1, 0.15) is 31.8 Å². The fraction of sp³-hybridized carbons (Fsp3) is 0.235. The molecule has 2 atom stereocenters. The van der Waals surface area contributed by atoms with Crippen LogP contribution in [0.5, 0.6) is 5.75 Å². The summed E-state index contributed by atoms with van der Waals surface area (Å²) in [5.74, 6) is 0.203. The van der Waals surface area contributed by atoms with Crippen LogP contribution in [0, 0.1) is 0 Å².